The van der Waals surface area contributed by atoms with E-state index in [0.717, 1.165) is 46.7 Å². The summed E-state index contributed by atoms with van der Waals surface area (Å²) in [4.78, 5) is 21.4. The first-order valence-corrected chi connectivity index (χ1v) is 10.9. The fraction of sp³-hybridized carbons (Fsp3) is 0.167. The van der Waals surface area contributed by atoms with Gasteiger partial charge in [-0.25, -0.2) is 4.98 Å². The Morgan fingerprint density at radius 1 is 1.12 bits per heavy atom. The predicted molar refractivity (Wildman–Crippen MR) is 127 cm³/mol. The first-order valence-electron chi connectivity index (χ1n) is 10.5. The van der Waals surface area contributed by atoms with Gasteiger partial charge < -0.3 is 20.5 Å². The van der Waals surface area contributed by atoms with Gasteiger partial charge in [0.05, 0.1) is 18.3 Å². The van der Waals surface area contributed by atoms with Gasteiger partial charge in [0, 0.05) is 23.1 Å². The monoisotopic (exact) mass is 460 g/mol. The number of anilines is 5. The van der Waals surface area contributed by atoms with Gasteiger partial charge in [0.15, 0.2) is 5.82 Å². The van der Waals surface area contributed by atoms with Gasteiger partial charge in [0.25, 0.3) is 0 Å². The number of fused-ring (bicyclic) bond motifs is 6. The van der Waals surface area contributed by atoms with E-state index in [1.165, 1.54) is 0 Å². The number of halogens is 1. The molecular weight excluding hydrogens is 440 g/mol. The number of rotatable bonds is 3. The lowest BCUT2D eigenvalue weighted by Gasteiger charge is -2.14. The van der Waals surface area contributed by atoms with E-state index in [0.29, 0.717) is 22.5 Å². The van der Waals surface area contributed by atoms with E-state index >= 15 is 0 Å². The van der Waals surface area contributed by atoms with Crippen LogP contribution in [0.15, 0.2) is 59.3 Å². The van der Waals surface area contributed by atoms with Crippen LogP contribution < -0.4 is 16.0 Å². The SMILES string of the molecule is Cc1cc(CC(=O)Nc2ccc3cc2CCc2cccc(c2)Nc2ncc(Cl)c(n2)N3)on1. The van der Waals surface area contributed by atoms with Gasteiger partial charge in [0.1, 0.15) is 10.8 Å². The second-order valence-electron chi connectivity index (χ2n) is 7.87. The maximum atomic E-state index is 12.6. The minimum absolute atomic E-state index is 0.118. The highest BCUT2D eigenvalue weighted by Gasteiger charge is 2.14. The summed E-state index contributed by atoms with van der Waals surface area (Å²) in [6, 6.07) is 15.6. The average molecular weight is 461 g/mol. The van der Waals surface area contributed by atoms with Crippen LogP contribution in [-0.4, -0.2) is 21.0 Å². The Hall–Kier alpha value is -3.91. The lowest BCUT2D eigenvalue weighted by Crippen LogP contribution is -2.15. The van der Waals surface area contributed by atoms with Crippen LogP contribution in [0, 0.1) is 6.92 Å². The molecule has 1 amide bonds. The molecule has 5 rings (SSSR count). The molecule has 3 N–H and O–H groups in total. The first kappa shape index (κ1) is 21.0. The highest BCUT2D eigenvalue weighted by molar-refractivity contribution is 6.32. The zero-order valence-electron chi connectivity index (χ0n) is 17.9. The maximum Gasteiger partial charge on any atom is 0.232 e. The molecule has 0 unspecified atom stereocenters. The number of hydrogen-bond acceptors (Lipinski definition) is 7. The molecule has 2 aromatic carbocycles. The van der Waals surface area contributed by atoms with Crippen molar-refractivity contribution >= 4 is 46.3 Å². The average Bonchev–Trinajstić information content (AvgIpc) is 3.20. The molecule has 166 valence electrons. The van der Waals surface area contributed by atoms with Gasteiger partial charge in [-0.15, -0.1) is 0 Å². The largest absolute Gasteiger partial charge is 0.361 e. The summed E-state index contributed by atoms with van der Waals surface area (Å²) < 4.78 is 5.17. The molecule has 0 aliphatic carbocycles. The zero-order chi connectivity index (χ0) is 22.8. The summed E-state index contributed by atoms with van der Waals surface area (Å²) in [7, 11) is 0. The van der Waals surface area contributed by atoms with Crippen LogP contribution in [0.1, 0.15) is 22.6 Å². The van der Waals surface area contributed by atoms with Crippen LogP contribution >= 0.6 is 11.6 Å². The molecule has 0 radical (unpaired) electrons. The topological polar surface area (TPSA) is 105 Å². The Morgan fingerprint density at radius 3 is 2.85 bits per heavy atom. The van der Waals surface area contributed by atoms with Gasteiger partial charge >= 0.3 is 0 Å². The van der Waals surface area contributed by atoms with Crippen molar-refractivity contribution in [3.8, 4) is 0 Å². The summed E-state index contributed by atoms with van der Waals surface area (Å²) >= 11 is 6.33. The molecule has 6 bridgehead atoms. The minimum Gasteiger partial charge on any atom is -0.361 e. The Labute approximate surface area is 195 Å². The van der Waals surface area contributed by atoms with Crippen molar-refractivity contribution in [2.45, 2.75) is 26.2 Å². The second kappa shape index (κ2) is 8.91. The van der Waals surface area contributed by atoms with Crippen LogP contribution in [0.2, 0.25) is 5.02 Å². The number of aryl methyl sites for hydroxylation is 3. The van der Waals surface area contributed by atoms with E-state index in [1.807, 2.05) is 37.3 Å². The van der Waals surface area contributed by atoms with E-state index in [-0.39, 0.29) is 12.3 Å². The van der Waals surface area contributed by atoms with Gasteiger partial charge in [-0.2, -0.15) is 4.98 Å². The smallest absolute Gasteiger partial charge is 0.232 e. The number of nitrogens with one attached hydrogen (secondary N) is 3. The molecular formula is C24H21ClN6O2. The summed E-state index contributed by atoms with van der Waals surface area (Å²) in [6.07, 6.45) is 3.20. The minimum atomic E-state index is -0.166. The van der Waals surface area contributed by atoms with E-state index < -0.39 is 0 Å². The molecule has 33 heavy (non-hydrogen) atoms. The number of amides is 1. The van der Waals surface area contributed by atoms with Crippen molar-refractivity contribution in [2.75, 3.05) is 16.0 Å². The first-order chi connectivity index (χ1) is 16.0. The molecule has 0 atom stereocenters. The molecule has 0 spiro atoms. The lowest BCUT2D eigenvalue weighted by molar-refractivity contribution is -0.115. The molecule has 0 saturated carbocycles. The van der Waals surface area contributed by atoms with Crippen LogP contribution in [0.25, 0.3) is 0 Å². The van der Waals surface area contributed by atoms with Crippen LogP contribution in [0.3, 0.4) is 0 Å². The van der Waals surface area contributed by atoms with E-state index in [2.05, 4.69) is 43.2 Å². The van der Waals surface area contributed by atoms with Crippen LogP contribution in [-0.2, 0) is 24.1 Å². The number of hydrogen-bond donors (Lipinski definition) is 3. The highest BCUT2D eigenvalue weighted by atomic mass is 35.5. The fourth-order valence-corrected chi connectivity index (χ4v) is 3.86. The van der Waals surface area contributed by atoms with Crippen molar-refractivity contribution in [3.05, 3.63) is 82.3 Å². The molecule has 0 saturated heterocycles. The Balaban J connectivity index is 1.47. The van der Waals surface area contributed by atoms with E-state index in [9.17, 15) is 4.79 Å². The summed E-state index contributed by atoms with van der Waals surface area (Å²) in [5, 5.41) is 13.7. The third-order valence-corrected chi connectivity index (χ3v) is 5.54. The molecule has 8 nitrogen and oxygen atoms in total. The Morgan fingerprint density at radius 2 is 2.00 bits per heavy atom. The van der Waals surface area contributed by atoms with Crippen molar-refractivity contribution in [3.63, 3.8) is 0 Å². The molecule has 0 fully saturated rings. The molecule has 1 aliphatic heterocycles. The normalized spacial score (nSPS) is 12.4. The number of aromatic nitrogens is 3. The van der Waals surface area contributed by atoms with Crippen LogP contribution in [0.4, 0.5) is 28.8 Å². The second-order valence-corrected chi connectivity index (χ2v) is 8.28. The molecule has 9 heteroatoms. The summed E-state index contributed by atoms with van der Waals surface area (Å²) in [5.74, 6) is 1.31. The number of carbonyl (C=O) groups excluding carboxylic acids is 1. The highest BCUT2D eigenvalue weighted by Crippen LogP contribution is 2.29. The summed E-state index contributed by atoms with van der Waals surface area (Å²) in [6.45, 7) is 1.82. The van der Waals surface area contributed by atoms with Crippen molar-refractivity contribution in [1.82, 2.24) is 15.1 Å². The fourth-order valence-electron chi connectivity index (χ4n) is 3.72. The van der Waals surface area contributed by atoms with Crippen molar-refractivity contribution < 1.29 is 9.32 Å². The van der Waals surface area contributed by atoms with Crippen molar-refractivity contribution in [1.29, 1.82) is 0 Å². The number of nitrogens with zero attached hydrogens (tertiary/aromatic N) is 3. The zero-order valence-corrected chi connectivity index (χ0v) is 18.6. The van der Waals surface area contributed by atoms with Gasteiger partial charge in [-0.1, -0.05) is 28.9 Å². The third-order valence-electron chi connectivity index (χ3n) is 5.26. The number of carbonyl (C=O) groups is 1. The molecule has 2 aromatic heterocycles. The maximum absolute atomic E-state index is 12.6. The number of benzene rings is 2. The summed E-state index contributed by atoms with van der Waals surface area (Å²) in [5.41, 5.74) is 5.34. The van der Waals surface area contributed by atoms with Crippen molar-refractivity contribution in [2.24, 2.45) is 0 Å². The van der Waals surface area contributed by atoms with Gasteiger partial charge in [-0.3, -0.25) is 4.79 Å². The lowest BCUT2D eigenvalue weighted by atomic mass is 10.0. The van der Waals surface area contributed by atoms with Gasteiger partial charge in [0.2, 0.25) is 11.9 Å². The third kappa shape index (κ3) is 4.96. The van der Waals surface area contributed by atoms with E-state index in [1.54, 1.807) is 12.3 Å². The van der Waals surface area contributed by atoms with Crippen LogP contribution in [0.5, 0.6) is 0 Å². The molecule has 3 heterocycles. The molecule has 4 aromatic rings. The standard InChI is InChI=1S/C24H21ClN6O2/c1-14-9-19(33-31-14)12-22(32)29-21-8-7-18-11-16(21)6-5-15-3-2-4-17(10-15)28-24-26-13-20(25)23(27-18)30-24/h2-4,7-11,13H,5-6,12H2,1H3,(H,29,32)(H2,26,27,28,30). The van der Waals surface area contributed by atoms with E-state index in [4.69, 9.17) is 16.1 Å². The quantitative estimate of drug-likeness (QED) is 0.386. The molecule has 1 aliphatic rings. The Kier molecular flexibility index (Phi) is 5.66. The van der Waals surface area contributed by atoms with Gasteiger partial charge in [-0.05, 0) is 61.2 Å². The Bertz CT molecular complexity index is 1340. The predicted octanol–water partition coefficient (Wildman–Crippen LogP) is 5.19.